The molecule has 0 saturated carbocycles. The molecule has 0 bridgehead atoms. The highest BCUT2D eigenvalue weighted by atomic mass is 32.2. The van der Waals surface area contributed by atoms with Gasteiger partial charge in [-0.25, -0.2) is 12.8 Å². The molecule has 1 aromatic carbocycles. The van der Waals surface area contributed by atoms with Crippen molar-refractivity contribution >= 4 is 21.4 Å². The zero-order chi connectivity index (χ0) is 13.1. The second kappa shape index (κ2) is 4.93. The zero-order valence-electron chi connectivity index (χ0n) is 8.90. The molecule has 0 atom stereocenters. The lowest BCUT2D eigenvalue weighted by atomic mass is 10.2. The maximum absolute atomic E-state index is 13.1. The second-order valence-electron chi connectivity index (χ2n) is 3.39. The van der Waals surface area contributed by atoms with Crippen LogP contribution in [-0.2, 0) is 14.6 Å². The predicted molar refractivity (Wildman–Crippen MR) is 59.5 cm³/mol. The molecule has 0 aromatic heterocycles. The van der Waals surface area contributed by atoms with Gasteiger partial charge in [0, 0.05) is 6.26 Å². The van der Waals surface area contributed by atoms with Crippen molar-refractivity contribution < 1.29 is 17.6 Å². The van der Waals surface area contributed by atoms with Gasteiger partial charge >= 0.3 is 0 Å². The van der Waals surface area contributed by atoms with Gasteiger partial charge in [-0.3, -0.25) is 4.79 Å². The minimum Gasteiger partial charge on any atom is -0.324 e. The normalized spacial score (nSPS) is 10.6. The van der Waals surface area contributed by atoms with E-state index in [1.165, 1.54) is 12.1 Å². The number of nitrogens with zero attached hydrogens (tertiary/aromatic N) is 1. The van der Waals surface area contributed by atoms with Crippen molar-refractivity contribution in [2.75, 3.05) is 17.3 Å². The molecule has 7 heteroatoms. The van der Waals surface area contributed by atoms with Crippen LogP contribution in [0.1, 0.15) is 5.56 Å². The molecular formula is C10H9FN2O3S. The van der Waals surface area contributed by atoms with Gasteiger partial charge in [0.2, 0.25) is 5.91 Å². The van der Waals surface area contributed by atoms with Gasteiger partial charge in [-0.2, -0.15) is 5.26 Å². The fraction of sp³-hybridized carbons (Fsp3) is 0.200. The number of benzene rings is 1. The Bertz CT molecular complexity index is 590. The van der Waals surface area contributed by atoms with E-state index in [1.807, 2.05) is 0 Å². The van der Waals surface area contributed by atoms with Crippen LogP contribution in [0.15, 0.2) is 18.2 Å². The van der Waals surface area contributed by atoms with Gasteiger partial charge in [-0.15, -0.1) is 0 Å². The summed E-state index contributed by atoms with van der Waals surface area (Å²) in [5.41, 5.74) is -0.365. The summed E-state index contributed by atoms with van der Waals surface area (Å²) < 4.78 is 34.9. The number of amides is 1. The SMILES string of the molecule is CS(=O)(=O)CC(=O)Nc1cccc(F)c1C#N. The number of sulfone groups is 1. The lowest BCUT2D eigenvalue weighted by molar-refractivity contribution is -0.113. The Morgan fingerprint density at radius 3 is 2.71 bits per heavy atom. The van der Waals surface area contributed by atoms with Crippen LogP contribution in [-0.4, -0.2) is 26.3 Å². The molecule has 0 spiro atoms. The summed E-state index contributed by atoms with van der Waals surface area (Å²) in [6.45, 7) is 0. The maximum Gasteiger partial charge on any atom is 0.239 e. The van der Waals surface area contributed by atoms with E-state index in [0.29, 0.717) is 0 Å². The van der Waals surface area contributed by atoms with E-state index in [2.05, 4.69) is 5.32 Å². The van der Waals surface area contributed by atoms with E-state index < -0.39 is 27.3 Å². The Balaban J connectivity index is 2.94. The molecule has 0 aliphatic carbocycles. The van der Waals surface area contributed by atoms with E-state index in [0.717, 1.165) is 12.3 Å². The minimum absolute atomic E-state index is 0.0406. The van der Waals surface area contributed by atoms with Gasteiger partial charge in [-0.1, -0.05) is 6.07 Å². The van der Waals surface area contributed by atoms with Gasteiger partial charge in [0.25, 0.3) is 0 Å². The van der Waals surface area contributed by atoms with Crippen LogP contribution >= 0.6 is 0 Å². The van der Waals surface area contributed by atoms with Gasteiger partial charge in [-0.05, 0) is 12.1 Å². The number of rotatable bonds is 3. The molecule has 90 valence electrons. The van der Waals surface area contributed by atoms with Crippen LogP contribution in [0.2, 0.25) is 0 Å². The maximum atomic E-state index is 13.1. The summed E-state index contributed by atoms with van der Waals surface area (Å²) in [6.07, 6.45) is 0.906. The first kappa shape index (κ1) is 13.1. The predicted octanol–water partition coefficient (Wildman–Crippen LogP) is 0.680. The molecule has 1 amide bonds. The first-order chi connectivity index (χ1) is 7.83. The molecule has 0 saturated heterocycles. The van der Waals surface area contributed by atoms with Crippen molar-refractivity contribution in [1.82, 2.24) is 0 Å². The van der Waals surface area contributed by atoms with Gasteiger partial charge in [0.15, 0.2) is 9.84 Å². The van der Waals surface area contributed by atoms with Crippen molar-refractivity contribution in [3.8, 4) is 6.07 Å². The van der Waals surface area contributed by atoms with E-state index in [9.17, 15) is 17.6 Å². The van der Waals surface area contributed by atoms with Gasteiger partial charge < -0.3 is 5.32 Å². The highest BCUT2D eigenvalue weighted by molar-refractivity contribution is 7.91. The Hall–Kier alpha value is -1.94. The number of anilines is 1. The third-order valence-corrected chi connectivity index (χ3v) is 2.58. The molecule has 1 rings (SSSR count). The first-order valence-electron chi connectivity index (χ1n) is 4.49. The van der Waals surface area contributed by atoms with Crippen molar-refractivity contribution in [3.05, 3.63) is 29.6 Å². The van der Waals surface area contributed by atoms with Crippen LogP contribution < -0.4 is 5.32 Å². The van der Waals surface area contributed by atoms with Crippen molar-refractivity contribution in [2.24, 2.45) is 0 Å². The van der Waals surface area contributed by atoms with Crippen LogP contribution in [0, 0.1) is 17.1 Å². The monoisotopic (exact) mass is 256 g/mol. The number of carbonyl (C=O) groups excluding carboxylic acids is 1. The third-order valence-electron chi connectivity index (χ3n) is 1.79. The molecule has 0 unspecified atom stereocenters. The van der Waals surface area contributed by atoms with E-state index in [4.69, 9.17) is 5.26 Å². The number of nitrogens with one attached hydrogen (secondary N) is 1. The summed E-state index contributed by atoms with van der Waals surface area (Å²) >= 11 is 0. The van der Waals surface area contributed by atoms with Crippen molar-refractivity contribution in [1.29, 1.82) is 5.26 Å². The Morgan fingerprint density at radius 1 is 1.53 bits per heavy atom. The highest BCUT2D eigenvalue weighted by Crippen LogP contribution is 2.17. The lowest BCUT2D eigenvalue weighted by Crippen LogP contribution is -2.22. The third kappa shape index (κ3) is 3.85. The molecule has 0 radical (unpaired) electrons. The highest BCUT2D eigenvalue weighted by Gasteiger charge is 2.14. The fourth-order valence-electron chi connectivity index (χ4n) is 1.17. The number of halogens is 1. The molecule has 0 aliphatic heterocycles. The number of carbonyl (C=O) groups is 1. The quantitative estimate of drug-likeness (QED) is 0.861. The van der Waals surface area contributed by atoms with Crippen LogP contribution in [0.25, 0.3) is 0 Å². The Kier molecular flexibility index (Phi) is 3.81. The van der Waals surface area contributed by atoms with E-state index in [1.54, 1.807) is 6.07 Å². The Labute approximate surface area is 97.8 Å². The molecule has 1 N–H and O–H groups in total. The van der Waals surface area contributed by atoms with Crippen LogP contribution in [0.3, 0.4) is 0 Å². The van der Waals surface area contributed by atoms with Crippen molar-refractivity contribution in [3.63, 3.8) is 0 Å². The molecular weight excluding hydrogens is 247 g/mol. The molecule has 0 fully saturated rings. The summed E-state index contributed by atoms with van der Waals surface area (Å²) in [5.74, 6) is -2.30. The fourth-order valence-corrected chi connectivity index (χ4v) is 1.71. The van der Waals surface area contributed by atoms with E-state index in [-0.39, 0.29) is 11.3 Å². The summed E-state index contributed by atoms with van der Waals surface area (Å²) in [7, 11) is -3.46. The zero-order valence-corrected chi connectivity index (χ0v) is 9.71. The largest absolute Gasteiger partial charge is 0.324 e. The summed E-state index contributed by atoms with van der Waals surface area (Å²) in [6, 6.07) is 5.30. The molecule has 5 nitrogen and oxygen atoms in total. The standard InChI is InChI=1S/C10H9FN2O3S/c1-17(15,16)6-10(14)13-9-4-2-3-8(11)7(9)5-12/h2-4H,6H2,1H3,(H,13,14). The summed E-state index contributed by atoms with van der Waals surface area (Å²) in [5, 5.41) is 10.9. The van der Waals surface area contributed by atoms with Crippen LogP contribution in [0.5, 0.6) is 0 Å². The number of hydrogen-bond acceptors (Lipinski definition) is 4. The molecule has 0 aliphatic rings. The molecule has 1 aromatic rings. The number of hydrogen-bond donors (Lipinski definition) is 1. The lowest BCUT2D eigenvalue weighted by Gasteiger charge is -2.06. The Morgan fingerprint density at radius 2 is 2.18 bits per heavy atom. The minimum atomic E-state index is -3.46. The van der Waals surface area contributed by atoms with Gasteiger partial charge in [0.05, 0.1) is 5.69 Å². The topological polar surface area (TPSA) is 87.0 Å². The number of nitriles is 1. The second-order valence-corrected chi connectivity index (χ2v) is 5.53. The van der Waals surface area contributed by atoms with E-state index >= 15 is 0 Å². The van der Waals surface area contributed by atoms with Gasteiger partial charge in [0.1, 0.15) is 23.2 Å². The molecule has 17 heavy (non-hydrogen) atoms. The smallest absolute Gasteiger partial charge is 0.239 e. The molecule has 0 heterocycles. The average Bonchev–Trinajstić information content (AvgIpc) is 2.14. The summed E-state index contributed by atoms with van der Waals surface area (Å²) in [4.78, 5) is 11.3. The first-order valence-corrected chi connectivity index (χ1v) is 6.56. The van der Waals surface area contributed by atoms with Crippen molar-refractivity contribution in [2.45, 2.75) is 0 Å². The van der Waals surface area contributed by atoms with Crippen LogP contribution in [0.4, 0.5) is 10.1 Å². The average molecular weight is 256 g/mol.